The lowest BCUT2D eigenvalue weighted by molar-refractivity contribution is 0.414. The predicted octanol–water partition coefficient (Wildman–Crippen LogP) is 5.59. The molecule has 0 saturated heterocycles. The smallest absolute Gasteiger partial charge is 0.261 e. The predicted molar refractivity (Wildman–Crippen MR) is 123 cm³/mol. The molecule has 3 aromatic carbocycles. The second-order valence-electron chi connectivity index (χ2n) is 7.42. The van der Waals surface area contributed by atoms with Crippen LogP contribution in [0.2, 0.25) is 5.02 Å². The first-order valence-corrected chi connectivity index (χ1v) is 10.3. The molecule has 0 N–H and O–H groups in total. The Morgan fingerprint density at radius 2 is 1.70 bits per heavy atom. The summed E-state index contributed by atoms with van der Waals surface area (Å²) in [4.78, 5) is 18.4. The molecule has 152 valence electrons. The van der Waals surface area contributed by atoms with Crippen LogP contribution in [0.15, 0.2) is 65.5 Å². The lowest BCUT2D eigenvalue weighted by Crippen LogP contribution is -2.25. The molecule has 5 heteroatoms. The third-order valence-corrected chi connectivity index (χ3v) is 5.64. The van der Waals surface area contributed by atoms with E-state index in [9.17, 15) is 4.79 Å². The highest BCUT2D eigenvalue weighted by atomic mass is 35.5. The molecule has 4 rings (SSSR count). The molecule has 30 heavy (non-hydrogen) atoms. The van der Waals surface area contributed by atoms with Crippen molar-refractivity contribution >= 4 is 22.5 Å². The molecule has 1 heterocycles. The minimum absolute atomic E-state index is 0.0753. The standard InChI is InChI=1S/C25H23ClN2O2/c1-16-5-4-6-17(2)23(16)24-27-22-12-9-19(26)15-21(22)25(29)28(24)14-13-18-7-10-20(30-3)11-8-18/h4-12,15H,13-14H2,1-3H3. The number of methoxy groups -OCH3 is 1. The van der Waals surface area contributed by atoms with Crippen molar-refractivity contribution in [2.75, 3.05) is 7.11 Å². The van der Waals surface area contributed by atoms with Crippen molar-refractivity contribution in [2.45, 2.75) is 26.8 Å². The van der Waals surface area contributed by atoms with Crippen LogP contribution in [0.3, 0.4) is 0 Å². The summed E-state index contributed by atoms with van der Waals surface area (Å²) in [5, 5.41) is 1.06. The zero-order chi connectivity index (χ0) is 21.3. The van der Waals surface area contributed by atoms with Gasteiger partial charge < -0.3 is 4.74 Å². The Balaban J connectivity index is 1.86. The second kappa shape index (κ2) is 8.33. The van der Waals surface area contributed by atoms with Gasteiger partial charge in [0.15, 0.2) is 0 Å². The molecule has 0 atom stereocenters. The largest absolute Gasteiger partial charge is 0.497 e. The number of halogens is 1. The molecular formula is C25H23ClN2O2. The maximum Gasteiger partial charge on any atom is 0.261 e. The van der Waals surface area contributed by atoms with Gasteiger partial charge in [0.25, 0.3) is 5.56 Å². The highest BCUT2D eigenvalue weighted by molar-refractivity contribution is 6.31. The fraction of sp³-hybridized carbons (Fsp3) is 0.200. The van der Waals surface area contributed by atoms with Gasteiger partial charge >= 0.3 is 0 Å². The summed E-state index contributed by atoms with van der Waals surface area (Å²) in [7, 11) is 1.65. The van der Waals surface area contributed by atoms with Gasteiger partial charge in [-0.2, -0.15) is 0 Å². The van der Waals surface area contributed by atoms with E-state index in [2.05, 4.69) is 0 Å². The molecule has 0 amide bonds. The second-order valence-corrected chi connectivity index (χ2v) is 7.85. The highest BCUT2D eigenvalue weighted by Crippen LogP contribution is 2.27. The number of hydrogen-bond donors (Lipinski definition) is 0. The minimum Gasteiger partial charge on any atom is -0.497 e. The highest BCUT2D eigenvalue weighted by Gasteiger charge is 2.16. The van der Waals surface area contributed by atoms with E-state index in [1.807, 2.05) is 62.4 Å². The Kier molecular flexibility index (Phi) is 5.60. The summed E-state index contributed by atoms with van der Waals surface area (Å²) in [5.41, 5.74) is 4.89. The van der Waals surface area contributed by atoms with E-state index in [0.717, 1.165) is 28.0 Å². The monoisotopic (exact) mass is 418 g/mol. The van der Waals surface area contributed by atoms with Crippen LogP contribution >= 0.6 is 11.6 Å². The Morgan fingerprint density at radius 1 is 1.00 bits per heavy atom. The molecule has 1 aromatic heterocycles. The summed E-state index contributed by atoms with van der Waals surface area (Å²) in [6.07, 6.45) is 0.704. The van der Waals surface area contributed by atoms with Crippen LogP contribution in [0, 0.1) is 13.8 Å². The van der Waals surface area contributed by atoms with Gasteiger partial charge in [-0.3, -0.25) is 9.36 Å². The fourth-order valence-corrected chi connectivity index (χ4v) is 3.96. The third kappa shape index (κ3) is 3.83. The maximum absolute atomic E-state index is 13.5. The number of benzene rings is 3. The van der Waals surface area contributed by atoms with Crippen LogP contribution in [-0.4, -0.2) is 16.7 Å². The molecular weight excluding hydrogens is 396 g/mol. The third-order valence-electron chi connectivity index (χ3n) is 5.40. The topological polar surface area (TPSA) is 44.1 Å². The molecule has 0 aliphatic carbocycles. The Hall–Kier alpha value is -3.11. The maximum atomic E-state index is 13.5. The van der Waals surface area contributed by atoms with Gasteiger partial charge in [-0.15, -0.1) is 0 Å². The van der Waals surface area contributed by atoms with Crippen molar-refractivity contribution in [3.63, 3.8) is 0 Å². The molecule has 0 bridgehead atoms. The molecule has 0 spiro atoms. The van der Waals surface area contributed by atoms with Gasteiger partial charge in [-0.05, 0) is 67.3 Å². The van der Waals surface area contributed by atoms with Crippen molar-refractivity contribution in [1.82, 2.24) is 9.55 Å². The molecule has 4 nitrogen and oxygen atoms in total. The zero-order valence-electron chi connectivity index (χ0n) is 17.3. The van der Waals surface area contributed by atoms with Crippen LogP contribution in [0.4, 0.5) is 0 Å². The van der Waals surface area contributed by atoms with Crippen LogP contribution in [-0.2, 0) is 13.0 Å². The van der Waals surface area contributed by atoms with E-state index in [1.54, 1.807) is 23.8 Å². The minimum atomic E-state index is -0.0753. The number of rotatable bonds is 5. The molecule has 0 radical (unpaired) electrons. The van der Waals surface area contributed by atoms with Crippen LogP contribution in [0.1, 0.15) is 16.7 Å². The van der Waals surface area contributed by atoms with Crippen LogP contribution in [0.5, 0.6) is 5.75 Å². The molecule has 0 unspecified atom stereocenters. The molecule has 0 saturated carbocycles. The molecule has 0 aliphatic rings. The van der Waals surface area contributed by atoms with Crippen molar-refractivity contribution in [2.24, 2.45) is 0 Å². The van der Waals surface area contributed by atoms with Crippen LogP contribution in [0.25, 0.3) is 22.3 Å². The van der Waals surface area contributed by atoms with E-state index < -0.39 is 0 Å². The lowest BCUT2D eigenvalue weighted by atomic mass is 10.0. The Labute approximate surface area is 180 Å². The van der Waals surface area contributed by atoms with Crippen molar-refractivity contribution in [3.05, 3.63) is 92.7 Å². The van der Waals surface area contributed by atoms with E-state index in [1.165, 1.54) is 0 Å². The first kappa shape index (κ1) is 20.2. The van der Waals surface area contributed by atoms with Crippen LogP contribution < -0.4 is 10.3 Å². The Bertz CT molecular complexity index is 1260. The SMILES string of the molecule is COc1ccc(CCn2c(-c3c(C)cccc3C)nc3ccc(Cl)cc3c2=O)cc1. The van der Waals surface area contributed by atoms with Crippen molar-refractivity contribution in [1.29, 1.82) is 0 Å². The summed E-state index contributed by atoms with van der Waals surface area (Å²) in [6, 6.07) is 19.3. The lowest BCUT2D eigenvalue weighted by Gasteiger charge is -2.17. The average molecular weight is 419 g/mol. The van der Waals surface area contributed by atoms with E-state index in [-0.39, 0.29) is 5.56 Å². The van der Waals surface area contributed by atoms with E-state index >= 15 is 0 Å². The number of nitrogens with zero attached hydrogens (tertiary/aromatic N) is 2. The number of ether oxygens (including phenoxy) is 1. The summed E-state index contributed by atoms with van der Waals surface area (Å²) < 4.78 is 7.01. The van der Waals surface area contributed by atoms with Gasteiger partial charge in [0, 0.05) is 17.1 Å². The molecule has 0 fully saturated rings. The normalized spacial score (nSPS) is 11.1. The van der Waals surface area contributed by atoms with Gasteiger partial charge in [-0.1, -0.05) is 41.9 Å². The first-order chi connectivity index (χ1) is 14.5. The number of fused-ring (bicyclic) bond motifs is 1. The zero-order valence-corrected chi connectivity index (χ0v) is 18.0. The Morgan fingerprint density at radius 3 is 2.37 bits per heavy atom. The fourth-order valence-electron chi connectivity index (χ4n) is 3.79. The molecule has 4 aromatic rings. The summed E-state index contributed by atoms with van der Waals surface area (Å²) in [5.74, 6) is 1.51. The van der Waals surface area contributed by atoms with Crippen molar-refractivity contribution in [3.8, 4) is 17.1 Å². The summed E-state index contributed by atoms with van der Waals surface area (Å²) in [6.45, 7) is 4.62. The van der Waals surface area contributed by atoms with E-state index in [4.69, 9.17) is 21.3 Å². The van der Waals surface area contributed by atoms with Gasteiger partial charge in [0.2, 0.25) is 0 Å². The molecule has 0 aliphatic heterocycles. The number of aromatic nitrogens is 2. The quantitative estimate of drug-likeness (QED) is 0.424. The summed E-state index contributed by atoms with van der Waals surface area (Å²) >= 11 is 6.16. The van der Waals surface area contributed by atoms with Gasteiger partial charge in [0.1, 0.15) is 11.6 Å². The van der Waals surface area contributed by atoms with Gasteiger partial charge in [-0.25, -0.2) is 4.98 Å². The number of aryl methyl sites for hydroxylation is 3. The van der Waals surface area contributed by atoms with Gasteiger partial charge in [0.05, 0.1) is 18.0 Å². The first-order valence-electron chi connectivity index (χ1n) is 9.87. The average Bonchev–Trinajstić information content (AvgIpc) is 2.74. The van der Waals surface area contributed by atoms with Crippen molar-refractivity contribution < 1.29 is 4.74 Å². The number of hydrogen-bond acceptors (Lipinski definition) is 3. The van der Waals surface area contributed by atoms with E-state index in [0.29, 0.717) is 34.7 Å².